The number of anilines is 1. The summed E-state index contributed by atoms with van der Waals surface area (Å²) in [6, 6.07) is 23.7. The van der Waals surface area contributed by atoms with Gasteiger partial charge in [0, 0.05) is 48.4 Å². The largest absolute Gasteiger partial charge is 0.449 e. The Labute approximate surface area is 217 Å². The standard InChI is InChI=1S/C31H31N3O3/c1-20-10-9-15-26(21(20)2)33-30(35)22(3)37-31(36)29-24-13-7-8-14-27(24)32-28-16-17-34(19-25(28)29)18-23-11-5-4-6-12-23/h4-15,22H,16-19H2,1-3H3,(H,33,35). The molecule has 1 atom stereocenters. The van der Waals surface area contributed by atoms with Gasteiger partial charge in [-0.15, -0.1) is 0 Å². The molecule has 0 aliphatic carbocycles. The highest BCUT2D eigenvalue weighted by Crippen LogP contribution is 2.30. The summed E-state index contributed by atoms with van der Waals surface area (Å²) < 4.78 is 5.77. The van der Waals surface area contributed by atoms with Crippen molar-refractivity contribution in [1.29, 1.82) is 0 Å². The number of pyridine rings is 1. The van der Waals surface area contributed by atoms with Crippen LogP contribution in [0.15, 0.2) is 72.8 Å². The van der Waals surface area contributed by atoms with Gasteiger partial charge in [0.05, 0.1) is 11.1 Å². The molecule has 0 spiro atoms. The summed E-state index contributed by atoms with van der Waals surface area (Å²) in [6.45, 7) is 7.80. The molecule has 1 aromatic heterocycles. The van der Waals surface area contributed by atoms with Crippen LogP contribution in [0.5, 0.6) is 0 Å². The molecule has 4 aromatic rings. The van der Waals surface area contributed by atoms with Crippen LogP contribution in [0.3, 0.4) is 0 Å². The lowest BCUT2D eigenvalue weighted by atomic mass is 9.95. The molecule has 6 heteroatoms. The second kappa shape index (κ2) is 10.5. The third-order valence-electron chi connectivity index (χ3n) is 7.09. The molecule has 0 radical (unpaired) electrons. The number of benzene rings is 3. The first-order valence-corrected chi connectivity index (χ1v) is 12.7. The van der Waals surface area contributed by atoms with Gasteiger partial charge in [0.25, 0.3) is 5.91 Å². The first-order chi connectivity index (χ1) is 17.9. The number of para-hydroxylation sites is 1. The molecule has 1 N–H and O–H groups in total. The summed E-state index contributed by atoms with van der Waals surface area (Å²) in [6.07, 6.45) is -0.213. The molecule has 0 saturated heterocycles. The van der Waals surface area contributed by atoms with E-state index in [0.717, 1.165) is 58.5 Å². The highest BCUT2D eigenvalue weighted by molar-refractivity contribution is 6.06. The number of hydrogen-bond acceptors (Lipinski definition) is 5. The normalized spacial score (nSPS) is 14.1. The fraction of sp³-hybridized carbons (Fsp3) is 0.258. The average molecular weight is 494 g/mol. The molecule has 1 aliphatic rings. The summed E-state index contributed by atoms with van der Waals surface area (Å²) in [5.41, 5.74) is 7.08. The fourth-order valence-corrected chi connectivity index (χ4v) is 4.85. The lowest BCUT2D eigenvalue weighted by Gasteiger charge is -2.30. The maximum atomic E-state index is 13.6. The summed E-state index contributed by atoms with van der Waals surface area (Å²) in [5.74, 6) is -0.861. The van der Waals surface area contributed by atoms with Gasteiger partial charge in [0.15, 0.2) is 6.10 Å². The number of carbonyl (C=O) groups excluding carboxylic acids is 2. The van der Waals surface area contributed by atoms with Crippen molar-refractivity contribution in [1.82, 2.24) is 9.88 Å². The molecule has 6 nitrogen and oxygen atoms in total. The van der Waals surface area contributed by atoms with E-state index in [0.29, 0.717) is 12.1 Å². The Morgan fingerprint density at radius 3 is 2.57 bits per heavy atom. The van der Waals surface area contributed by atoms with Crippen molar-refractivity contribution in [2.45, 2.75) is 46.4 Å². The Hall–Kier alpha value is -4.03. The Balaban J connectivity index is 1.41. The molecule has 1 unspecified atom stereocenters. The van der Waals surface area contributed by atoms with E-state index in [4.69, 9.17) is 9.72 Å². The van der Waals surface area contributed by atoms with Gasteiger partial charge in [0.1, 0.15) is 0 Å². The number of aromatic nitrogens is 1. The molecule has 1 amide bonds. The first kappa shape index (κ1) is 24.7. The van der Waals surface area contributed by atoms with E-state index in [-0.39, 0.29) is 5.91 Å². The van der Waals surface area contributed by atoms with Crippen molar-refractivity contribution in [3.8, 4) is 0 Å². The van der Waals surface area contributed by atoms with Gasteiger partial charge in [-0.1, -0.05) is 60.7 Å². The lowest BCUT2D eigenvalue weighted by Crippen LogP contribution is -2.34. The molecule has 0 bridgehead atoms. The topological polar surface area (TPSA) is 71.5 Å². The number of esters is 1. The minimum atomic E-state index is -0.959. The van der Waals surface area contributed by atoms with Crippen molar-refractivity contribution in [3.05, 3.63) is 106 Å². The van der Waals surface area contributed by atoms with E-state index in [2.05, 4.69) is 22.3 Å². The third-order valence-corrected chi connectivity index (χ3v) is 7.09. The van der Waals surface area contributed by atoms with Gasteiger partial charge in [0.2, 0.25) is 0 Å². The number of nitrogens with one attached hydrogen (secondary N) is 1. The van der Waals surface area contributed by atoms with Crippen LogP contribution in [0.4, 0.5) is 5.69 Å². The van der Waals surface area contributed by atoms with E-state index in [9.17, 15) is 9.59 Å². The van der Waals surface area contributed by atoms with Crippen LogP contribution in [0.25, 0.3) is 10.9 Å². The van der Waals surface area contributed by atoms with Gasteiger partial charge in [-0.05, 0) is 49.6 Å². The quantitative estimate of drug-likeness (QED) is 0.354. The Bertz CT molecular complexity index is 1470. The van der Waals surface area contributed by atoms with Crippen LogP contribution in [-0.2, 0) is 29.0 Å². The van der Waals surface area contributed by atoms with Gasteiger partial charge in [-0.3, -0.25) is 14.7 Å². The van der Waals surface area contributed by atoms with Gasteiger partial charge >= 0.3 is 5.97 Å². The van der Waals surface area contributed by atoms with Crippen LogP contribution < -0.4 is 5.32 Å². The maximum absolute atomic E-state index is 13.6. The molecule has 188 valence electrons. The predicted octanol–water partition coefficient (Wildman–Crippen LogP) is 5.59. The fourth-order valence-electron chi connectivity index (χ4n) is 4.85. The molecular formula is C31H31N3O3. The van der Waals surface area contributed by atoms with Crippen molar-refractivity contribution in [3.63, 3.8) is 0 Å². The zero-order chi connectivity index (χ0) is 25.9. The second-order valence-corrected chi connectivity index (χ2v) is 9.66. The zero-order valence-electron chi connectivity index (χ0n) is 21.5. The molecule has 37 heavy (non-hydrogen) atoms. The highest BCUT2D eigenvalue weighted by Gasteiger charge is 2.29. The van der Waals surface area contributed by atoms with Crippen molar-refractivity contribution in [2.24, 2.45) is 0 Å². The predicted molar refractivity (Wildman–Crippen MR) is 145 cm³/mol. The molecule has 0 saturated carbocycles. The number of aryl methyl sites for hydroxylation is 1. The van der Waals surface area contributed by atoms with Crippen LogP contribution in [-0.4, -0.2) is 34.4 Å². The number of fused-ring (bicyclic) bond motifs is 2. The Morgan fingerprint density at radius 1 is 1.00 bits per heavy atom. The maximum Gasteiger partial charge on any atom is 0.339 e. The number of ether oxygens (including phenoxy) is 1. The number of nitrogens with zero attached hydrogens (tertiary/aromatic N) is 2. The number of hydrogen-bond donors (Lipinski definition) is 1. The van der Waals surface area contributed by atoms with Crippen LogP contribution >= 0.6 is 0 Å². The molecule has 3 aromatic carbocycles. The summed E-state index contributed by atoms with van der Waals surface area (Å²) in [4.78, 5) is 33.8. The Kier molecular flexibility index (Phi) is 7.01. The van der Waals surface area contributed by atoms with Gasteiger partial charge in [-0.2, -0.15) is 0 Å². The van der Waals surface area contributed by atoms with E-state index in [1.165, 1.54) is 5.56 Å². The smallest absolute Gasteiger partial charge is 0.339 e. The molecule has 0 fully saturated rings. The van der Waals surface area contributed by atoms with Crippen molar-refractivity contribution >= 4 is 28.5 Å². The summed E-state index contributed by atoms with van der Waals surface area (Å²) in [5, 5.41) is 3.65. The molecule has 1 aliphatic heterocycles. The minimum Gasteiger partial charge on any atom is -0.449 e. The van der Waals surface area contributed by atoms with E-state index in [1.807, 2.05) is 74.5 Å². The van der Waals surface area contributed by atoms with E-state index in [1.54, 1.807) is 6.92 Å². The Morgan fingerprint density at radius 2 is 1.76 bits per heavy atom. The van der Waals surface area contributed by atoms with Crippen LogP contribution in [0.1, 0.15) is 45.2 Å². The number of amides is 1. The van der Waals surface area contributed by atoms with Crippen molar-refractivity contribution < 1.29 is 14.3 Å². The van der Waals surface area contributed by atoms with E-state index >= 15 is 0 Å². The molecular weight excluding hydrogens is 462 g/mol. The van der Waals surface area contributed by atoms with Gasteiger partial charge in [-0.25, -0.2) is 4.79 Å². The lowest BCUT2D eigenvalue weighted by molar-refractivity contribution is -0.123. The summed E-state index contributed by atoms with van der Waals surface area (Å²) >= 11 is 0. The zero-order valence-corrected chi connectivity index (χ0v) is 21.5. The first-order valence-electron chi connectivity index (χ1n) is 12.7. The monoisotopic (exact) mass is 493 g/mol. The third kappa shape index (κ3) is 5.25. The highest BCUT2D eigenvalue weighted by atomic mass is 16.5. The number of carbonyl (C=O) groups is 2. The molecule has 2 heterocycles. The van der Waals surface area contributed by atoms with E-state index < -0.39 is 12.1 Å². The number of rotatable bonds is 6. The van der Waals surface area contributed by atoms with Crippen LogP contribution in [0.2, 0.25) is 0 Å². The van der Waals surface area contributed by atoms with Crippen LogP contribution in [0, 0.1) is 13.8 Å². The minimum absolute atomic E-state index is 0.361. The van der Waals surface area contributed by atoms with Crippen molar-refractivity contribution in [2.75, 3.05) is 11.9 Å². The van der Waals surface area contributed by atoms with Gasteiger partial charge < -0.3 is 10.1 Å². The second-order valence-electron chi connectivity index (χ2n) is 9.66. The molecule has 5 rings (SSSR count). The SMILES string of the molecule is Cc1cccc(NC(=O)C(C)OC(=O)c2c3c(nc4ccccc24)CCN(Cc2ccccc2)C3)c1C. The average Bonchev–Trinajstić information content (AvgIpc) is 2.90. The summed E-state index contributed by atoms with van der Waals surface area (Å²) in [7, 11) is 0.